The van der Waals surface area contributed by atoms with Crippen molar-refractivity contribution in [1.82, 2.24) is 20.0 Å². The van der Waals surface area contributed by atoms with E-state index in [9.17, 15) is 9.59 Å². The molecule has 2 aromatic heterocycles. The van der Waals surface area contributed by atoms with Crippen LogP contribution in [0.25, 0.3) is 0 Å². The molecule has 3 heterocycles. The molecule has 8 heteroatoms. The van der Waals surface area contributed by atoms with Gasteiger partial charge in [0.05, 0.1) is 31.0 Å². The lowest BCUT2D eigenvalue weighted by atomic mass is 10.1. The van der Waals surface area contributed by atoms with E-state index in [1.165, 1.54) is 6.07 Å². The normalized spacial score (nSPS) is 18.0. The first-order valence-corrected chi connectivity index (χ1v) is 7.83. The van der Waals surface area contributed by atoms with Crippen LogP contribution in [0.2, 0.25) is 0 Å². The fourth-order valence-electron chi connectivity index (χ4n) is 2.84. The lowest BCUT2D eigenvalue weighted by Gasteiger charge is -2.32. The summed E-state index contributed by atoms with van der Waals surface area (Å²) in [4.78, 5) is 32.9. The van der Waals surface area contributed by atoms with Crippen molar-refractivity contribution in [3.8, 4) is 0 Å². The molecule has 1 atom stereocenters. The van der Waals surface area contributed by atoms with Crippen LogP contribution in [0.4, 0.5) is 0 Å². The topological polar surface area (TPSA) is 101 Å². The fraction of sp³-hybridized carbons (Fsp3) is 0.500. The van der Waals surface area contributed by atoms with Gasteiger partial charge in [-0.1, -0.05) is 5.16 Å². The second kappa shape index (κ2) is 6.56. The summed E-state index contributed by atoms with van der Waals surface area (Å²) in [5.41, 5.74) is 1.89. The average molecular weight is 332 g/mol. The van der Waals surface area contributed by atoms with Crippen LogP contribution in [0.15, 0.2) is 15.4 Å². The van der Waals surface area contributed by atoms with Gasteiger partial charge in [0.25, 0.3) is 5.56 Å². The number of ether oxygens (including phenoxy) is 1. The average Bonchev–Trinajstić information content (AvgIpc) is 2.86. The van der Waals surface area contributed by atoms with Gasteiger partial charge in [0.1, 0.15) is 17.7 Å². The third-order valence-corrected chi connectivity index (χ3v) is 4.14. The summed E-state index contributed by atoms with van der Waals surface area (Å²) < 4.78 is 10.8. The number of hydrogen-bond acceptors (Lipinski definition) is 6. The number of rotatable bonds is 3. The van der Waals surface area contributed by atoms with Crippen LogP contribution in [0.1, 0.15) is 34.6 Å². The van der Waals surface area contributed by atoms with E-state index >= 15 is 0 Å². The number of amides is 1. The first kappa shape index (κ1) is 16.4. The van der Waals surface area contributed by atoms with Gasteiger partial charge in [0.2, 0.25) is 5.91 Å². The first-order valence-electron chi connectivity index (χ1n) is 7.83. The summed E-state index contributed by atoms with van der Waals surface area (Å²) >= 11 is 0. The summed E-state index contributed by atoms with van der Waals surface area (Å²) in [6.45, 7) is 6.64. The molecule has 24 heavy (non-hydrogen) atoms. The number of aromatic amines is 1. The Kier molecular flexibility index (Phi) is 4.48. The smallest absolute Gasteiger partial charge is 0.251 e. The highest BCUT2D eigenvalue weighted by Crippen LogP contribution is 2.21. The lowest BCUT2D eigenvalue weighted by molar-refractivity contribution is -0.138. The second-order valence-electron chi connectivity index (χ2n) is 5.93. The zero-order valence-corrected chi connectivity index (χ0v) is 14.0. The Labute approximate surface area is 138 Å². The molecule has 2 aromatic rings. The van der Waals surface area contributed by atoms with E-state index in [2.05, 4.69) is 15.1 Å². The fourth-order valence-corrected chi connectivity index (χ4v) is 2.84. The number of hydrogen-bond donors (Lipinski definition) is 1. The van der Waals surface area contributed by atoms with Gasteiger partial charge in [-0.15, -0.1) is 0 Å². The van der Waals surface area contributed by atoms with Crippen LogP contribution in [0.5, 0.6) is 0 Å². The van der Waals surface area contributed by atoms with Gasteiger partial charge < -0.3 is 19.1 Å². The molecule has 0 bridgehead atoms. The first-order chi connectivity index (χ1) is 11.4. The van der Waals surface area contributed by atoms with Crippen LogP contribution in [0.3, 0.4) is 0 Å². The Morgan fingerprint density at radius 2 is 2.21 bits per heavy atom. The number of carbonyl (C=O) groups excluding carboxylic acids is 1. The second-order valence-corrected chi connectivity index (χ2v) is 5.93. The minimum atomic E-state index is -0.395. The van der Waals surface area contributed by atoms with Crippen molar-refractivity contribution in [2.75, 3.05) is 19.7 Å². The van der Waals surface area contributed by atoms with Crippen molar-refractivity contribution < 1.29 is 14.1 Å². The third kappa shape index (κ3) is 3.38. The number of carbonyl (C=O) groups is 1. The van der Waals surface area contributed by atoms with Gasteiger partial charge in [-0.3, -0.25) is 9.59 Å². The predicted octanol–water partition coefficient (Wildman–Crippen LogP) is 0.826. The largest absolute Gasteiger partial charge is 0.368 e. The van der Waals surface area contributed by atoms with E-state index in [0.29, 0.717) is 37.0 Å². The predicted molar refractivity (Wildman–Crippen MR) is 84.5 cm³/mol. The van der Waals surface area contributed by atoms with E-state index in [1.54, 1.807) is 18.7 Å². The van der Waals surface area contributed by atoms with E-state index in [0.717, 1.165) is 11.3 Å². The molecule has 0 aromatic carbocycles. The Balaban J connectivity index is 1.73. The Hall–Kier alpha value is -2.48. The molecule has 1 aliphatic heterocycles. The number of nitrogens with one attached hydrogen (secondary N) is 1. The molecule has 0 aliphatic carbocycles. The molecule has 1 saturated heterocycles. The number of aryl methyl sites for hydroxylation is 3. The van der Waals surface area contributed by atoms with Crippen molar-refractivity contribution in [2.45, 2.75) is 33.3 Å². The van der Waals surface area contributed by atoms with E-state index in [4.69, 9.17) is 9.26 Å². The highest BCUT2D eigenvalue weighted by Gasteiger charge is 2.27. The minimum absolute atomic E-state index is 0.0146. The van der Waals surface area contributed by atoms with Crippen LogP contribution in [-0.4, -0.2) is 45.6 Å². The van der Waals surface area contributed by atoms with Crippen molar-refractivity contribution >= 4 is 5.91 Å². The van der Waals surface area contributed by atoms with Gasteiger partial charge in [-0.2, -0.15) is 0 Å². The number of morpholine rings is 1. The Morgan fingerprint density at radius 1 is 1.42 bits per heavy atom. The van der Waals surface area contributed by atoms with Gasteiger partial charge in [-0.25, -0.2) is 4.98 Å². The SMILES string of the molecule is Cc1nc(C2CN(C(=O)Cc3c(C)noc3C)CCO2)cc(=O)[nH]1. The highest BCUT2D eigenvalue weighted by molar-refractivity contribution is 5.79. The zero-order chi connectivity index (χ0) is 17.3. The van der Waals surface area contributed by atoms with Gasteiger partial charge in [0, 0.05) is 18.2 Å². The van der Waals surface area contributed by atoms with Crippen molar-refractivity contribution in [2.24, 2.45) is 0 Å². The van der Waals surface area contributed by atoms with E-state index < -0.39 is 6.10 Å². The molecule has 1 N–H and O–H groups in total. The molecule has 128 valence electrons. The van der Waals surface area contributed by atoms with Crippen molar-refractivity contribution in [3.05, 3.63) is 45.0 Å². The molecule has 3 rings (SSSR count). The molecule has 0 saturated carbocycles. The summed E-state index contributed by atoms with van der Waals surface area (Å²) in [5.74, 6) is 1.18. The maximum Gasteiger partial charge on any atom is 0.251 e. The van der Waals surface area contributed by atoms with E-state index in [-0.39, 0.29) is 17.9 Å². The Morgan fingerprint density at radius 3 is 2.88 bits per heavy atom. The quantitative estimate of drug-likeness (QED) is 0.893. The molecule has 8 nitrogen and oxygen atoms in total. The number of aromatic nitrogens is 3. The van der Waals surface area contributed by atoms with Gasteiger partial charge in [-0.05, 0) is 20.8 Å². The molecule has 1 aliphatic rings. The van der Waals surface area contributed by atoms with Crippen LogP contribution in [-0.2, 0) is 16.0 Å². The van der Waals surface area contributed by atoms with Crippen molar-refractivity contribution in [3.63, 3.8) is 0 Å². The maximum absolute atomic E-state index is 12.6. The summed E-state index contributed by atoms with van der Waals surface area (Å²) in [7, 11) is 0. The summed E-state index contributed by atoms with van der Waals surface area (Å²) in [5, 5.41) is 3.88. The molecule has 1 unspecified atom stereocenters. The zero-order valence-electron chi connectivity index (χ0n) is 14.0. The van der Waals surface area contributed by atoms with E-state index in [1.807, 2.05) is 6.92 Å². The molecule has 0 spiro atoms. The molecule has 1 fully saturated rings. The lowest BCUT2D eigenvalue weighted by Crippen LogP contribution is -2.43. The summed E-state index contributed by atoms with van der Waals surface area (Å²) in [6, 6.07) is 1.42. The van der Waals surface area contributed by atoms with Crippen LogP contribution >= 0.6 is 0 Å². The molecule has 0 radical (unpaired) electrons. The van der Waals surface area contributed by atoms with Crippen LogP contribution in [0, 0.1) is 20.8 Å². The molecule has 1 amide bonds. The Bertz CT molecular complexity index is 791. The monoisotopic (exact) mass is 332 g/mol. The van der Waals surface area contributed by atoms with Gasteiger partial charge >= 0.3 is 0 Å². The number of nitrogens with zero attached hydrogens (tertiary/aromatic N) is 3. The van der Waals surface area contributed by atoms with Crippen LogP contribution < -0.4 is 5.56 Å². The maximum atomic E-state index is 12.6. The van der Waals surface area contributed by atoms with Crippen molar-refractivity contribution in [1.29, 1.82) is 0 Å². The standard InChI is InChI=1S/C16H20N4O4/c1-9-12(10(2)24-19-9)6-16(22)20-4-5-23-14(8-20)13-7-15(21)18-11(3)17-13/h7,14H,4-6,8H2,1-3H3,(H,17,18,21). The minimum Gasteiger partial charge on any atom is -0.368 e. The molecular formula is C16H20N4O4. The summed E-state index contributed by atoms with van der Waals surface area (Å²) in [6.07, 6.45) is -0.149. The van der Waals surface area contributed by atoms with Gasteiger partial charge in [0.15, 0.2) is 0 Å². The third-order valence-electron chi connectivity index (χ3n) is 4.14. The highest BCUT2D eigenvalue weighted by atomic mass is 16.5. The molecular weight excluding hydrogens is 312 g/mol. The number of H-pyrrole nitrogens is 1.